The summed E-state index contributed by atoms with van der Waals surface area (Å²) < 4.78 is 5.33. The van der Waals surface area contributed by atoms with Crippen LogP contribution in [0.2, 0.25) is 0 Å². The third-order valence-electron chi connectivity index (χ3n) is 4.47. The van der Waals surface area contributed by atoms with Crippen LogP contribution in [0.5, 0.6) is 5.75 Å². The molecule has 26 heavy (non-hydrogen) atoms. The van der Waals surface area contributed by atoms with Crippen molar-refractivity contribution >= 4 is 17.6 Å². The molecular formula is C20H23N3O3. The zero-order valence-corrected chi connectivity index (χ0v) is 15.1. The summed E-state index contributed by atoms with van der Waals surface area (Å²) in [5, 5.41) is 2.89. The van der Waals surface area contributed by atoms with Crippen molar-refractivity contribution in [3.05, 3.63) is 59.7 Å². The lowest BCUT2D eigenvalue weighted by Crippen LogP contribution is -2.51. The Labute approximate surface area is 153 Å². The Morgan fingerprint density at radius 2 is 1.62 bits per heavy atom. The van der Waals surface area contributed by atoms with Crippen LogP contribution < -0.4 is 10.1 Å². The van der Waals surface area contributed by atoms with Gasteiger partial charge in [0.2, 0.25) is 0 Å². The average molecular weight is 353 g/mol. The van der Waals surface area contributed by atoms with Crippen LogP contribution in [0.3, 0.4) is 0 Å². The Morgan fingerprint density at radius 1 is 0.962 bits per heavy atom. The average Bonchev–Trinajstić information content (AvgIpc) is 2.69. The summed E-state index contributed by atoms with van der Waals surface area (Å²) in [6, 6.07) is 14.7. The van der Waals surface area contributed by atoms with Crippen LogP contribution in [0.1, 0.15) is 15.9 Å². The van der Waals surface area contributed by atoms with Gasteiger partial charge in [0.25, 0.3) is 5.91 Å². The largest absolute Gasteiger partial charge is 0.495 e. The van der Waals surface area contributed by atoms with Crippen molar-refractivity contribution < 1.29 is 14.3 Å². The number of urea groups is 1. The van der Waals surface area contributed by atoms with Gasteiger partial charge in [-0.05, 0) is 36.8 Å². The highest BCUT2D eigenvalue weighted by Gasteiger charge is 2.25. The highest BCUT2D eigenvalue weighted by atomic mass is 16.5. The van der Waals surface area contributed by atoms with E-state index in [1.165, 1.54) is 0 Å². The lowest BCUT2D eigenvalue weighted by atomic mass is 10.2. The number of piperazine rings is 1. The van der Waals surface area contributed by atoms with Gasteiger partial charge in [-0.1, -0.05) is 24.3 Å². The van der Waals surface area contributed by atoms with Crippen LogP contribution in [0.4, 0.5) is 10.5 Å². The third kappa shape index (κ3) is 3.96. The van der Waals surface area contributed by atoms with Gasteiger partial charge in [0.1, 0.15) is 5.75 Å². The van der Waals surface area contributed by atoms with Gasteiger partial charge in [0.15, 0.2) is 0 Å². The first kappa shape index (κ1) is 17.8. The molecule has 136 valence electrons. The van der Waals surface area contributed by atoms with E-state index in [-0.39, 0.29) is 11.9 Å². The standard InChI is InChI=1S/C20H23N3O3/c1-15-8-9-17(18(14-15)26-2)21-20(25)23-12-10-22(11-13-23)19(24)16-6-4-3-5-7-16/h3-9,14H,10-13H2,1-2H3,(H,21,25). The molecule has 0 atom stereocenters. The van der Waals surface area contributed by atoms with Crippen molar-refractivity contribution in [1.29, 1.82) is 0 Å². The fourth-order valence-corrected chi connectivity index (χ4v) is 2.97. The van der Waals surface area contributed by atoms with E-state index in [1.54, 1.807) is 16.9 Å². The number of anilines is 1. The molecule has 0 radical (unpaired) electrons. The smallest absolute Gasteiger partial charge is 0.322 e. The molecule has 1 aliphatic heterocycles. The molecule has 0 aliphatic carbocycles. The van der Waals surface area contributed by atoms with Gasteiger partial charge in [-0.3, -0.25) is 4.79 Å². The van der Waals surface area contributed by atoms with Crippen LogP contribution >= 0.6 is 0 Å². The predicted octanol–water partition coefficient (Wildman–Crippen LogP) is 2.99. The Bertz CT molecular complexity index is 784. The van der Waals surface area contributed by atoms with Crippen molar-refractivity contribution in [3.8, 4) is 5.75 Å². The van der Waals surface area contributed by atoms with E-state index < -0.39 is 0 Å². The third-order valence-corrected chi connectivity index (χ3v) is 4.47. The predicted molar refractivity (Wildman–Crippen MR) is 101 cm³/mol. The summed E-state index contributed by atoms with van der Waals surface area (Å²) in [6.45, 7) is 4.01. The van der Waals surface area contributed by atoms with Crippen LogP contribution in [0.15, 0.2) is 48.5 Å². The minimum Gasteiger partial charge on any atom is -0.495 e. The minimum atomic E-state index is -0.182. The monoisotopic (exact) mass is 353 g/mol. The molecule has 1 N–H and O–H groups in total. The Hall–Kier alpha value is -3.02. The van der Waals surface area contributed by atoms with Gasteiger partial charge in [0.05, 0.1) is 12.8 Å². The number of carbonyl (C=O) groups excluding carboxylic acids is 2. The highest BCUT2D eigenvalue weighted by molar-refractivity contribution is 5.95. The number of carbonyl (C=O) groups is 2. The number of hydrogen-bond acceptors (Lipinski definition) is 3. The summed E-state index contributed by atoms with van der Waals surface area (Å²) in [7, 11) is 1.58. The minimum absolute atomic E-state index is 0.00543. The van der Waals surface area contributed by atoms with Crippen molar-refractivity contribution in [2.75, 3.05) is 38.6 Å². The summed E-state index contributed by atoms with van der Waals surface area (Å²) in [5.74, 6) is 0.641. The van der Waals surface area contributed by atoms with E-state index in [9.17, 15) is 9.59 Å². The van der Waals surface area contributed by atoms with Gasteiger partial charge in [0, 0.05) is 31.7 Å². The maximum absolute atomic E-state index is 12.5. The second-order valence-corrected chi connectivity index (χ2v) is 6.28. The first-order valence-corrected chi connectivity index (χ1v) is 8.63. The molecule has 3 rings (SSSR count). The normalized spacial score (nSPS) is 14.1. The van der Waals surface area contributed by atoms with E-state index in [0.717, 1.165) is 5.56 Å². The maximum Gasteiger partial charge on any atom is 0.322 e. The number of nitrogens with one attached hydrogen (secondary N) is 1. The highest BCUT2D eigenvalue weighted by Crippen LogP contribution is 2.25. The lowest BCUT2D eigenvalue weighted by molar-refractivity contribution is 0.0671. The van der Waals surface area contributed by atoms with Crippen molar-refractivity contribution in [3.63, 3.8) is 0 Å². The molecule has 6 nitrogen and oxygen atoms in total. The topological polar surface area (TPSA) is 61.9 Å². The number of hydrogen-bond donors (Lipinski definition) is 1. The molecule has 1 heterocycles. The molecule has 2 aromatic carbocycles. The number of rotatable bonds is 3. The van der Waals surface area contributed by atoms with Gasteiger partial charge in [-0.25, -0.2) is 4.79 Å². The van der Waals surface area contributed by atoms with Gasteiger partial charge >= 0.3 is 6.03 Å². The van der Waals surface area contributed by atoms with E-state index >= 15 is 0 Å². The molecule has 1 fully saturated rings. The maximum atomic E-state index is 12.5. The number of nitrogens with zero attached hydrogens (tertiary/aromatic N) is 2. The second kappa shape index (κ2) is 7.91. The fraction of sp³-hybridized carbons (Fsp3) is 0.300. The van der Waals surface area contributed by atoms with Crippen LogP contribution in [-0.4, -0.2) is 55.0 Å². The first-order chi connectivity index (χ1) is 12.6. The van der Waals surface area contributed by atoms with E-state index in [0.29, 0.717) is 43.2 Å². The Balaban J connectivity index is 1.58. The van der Waals surface area contributed by atoms with Crippen molar-refractivity contribution in [2.24, 2.45) is 0 Å². The SMILES string of the molecule is COc1cc(C)ccc1NC(=O)N1CCN(C(=O)c2ccccc2)CC1. The molecule has 3 amide bonds. The fourth-order valence-electron chi connectivity index (χ4n) is 2.97. The van der Waals surface area contributed by atoms with Crippen LogP contribution in [0, 0.1) is 6.92 Å². The summed E-state index contributed by atoms with van der Waals surface area (Å²) in [6.07, 6.45) is 0. The van der Waals surface area contributed by atoms with Crippen LogP contribution in [0.25, 0.3) is 0 Å². The zero-order valence-electron chi connectivity index (χ0n) is 15.1. The summed E-state index contributed by atoms with van der Waals surface area (Å²) in [5.41, 5.74) is 2.38. The van der Waals surface area contributed by atoms with Crippen molar-refractivity contribution in [2.45, 2.75) is 6.92 Å². The van der Waals surface area contributed by atoms with Gasteiger partial charge in [-0.2, -0.15) is 0 Å². The molecule has 2 aromatic rings. The first-order valence-electron chi connectivity index (χ1n) is 8.63. The Morgan fingerprint density at radius 3 is 2.27 bits per heavy atom. The van der Waals surface area contributed by atoms with E-state index in [1.807, 2.05) is 55.5 Å². The summed E-state index contributed by atoms with van der Waals surface area (Å²) >= 11 is 0. The van der Waals surface area contributed by atoms with Gasteiger partial charge in [-0.15, -0.1) is 0 Å². The number of ether oxygens (including phenoxy) is 1. The number of amides is 3. The van der Waals surface area contributed by atoms with Crippen LogP contribution in [-0.2, 0) is 0 Å². The van der Waals surface area contributed by atoms with Crippen molar-refractivity contribution in [1.82, 2.24) is 9.80 Å². The molecule has 1 aliphatic rings. The number of aryl methyl sites for hydroxylation is 1. The molecule has 1 saturated heterocycles. The lowest BCUT2D eigenvalue weighted by Gasteiger charge is -2.34. The molecular weight excluding hydrogens is 330 g/mol. The molecule has 0 saturated carbocycles. The second-order valence-electron chi connectivity index (χ2n) is 6.28. The zero-order chi connectivity index (χ0) is 18.5. The van der Waals surface area contributed by atoms with E-state index in [2.05, 4.69) is 5.32 Å². The van der Waals surface area contributed by atoms with E-state index in [4.69, 9.17) is 4.74 Å². The molecule has 0 bridgehead atoms. The molecule has 0 spiro atoms. The Kier molecular flexibility index (Phi) is 5.41. The van der Waals surface area contributed by atoms with Gasteiger partial charge < -0.3 is 19.9 Å². The molecule has 0 aromatic heterocycles. The summed E-state index contributed by atoms with van der Waals surface area (Å²) in [4.78, 5) is 28.5. The number of methoxy groups -OCH3 is 1. The molecule has 0 unspecified atom stereocenters. The quantitative estimate of drug-likeness (QED) is 0.923. The molecule has 6 heteroatoms. The number of benzene rings is 2.